The van der Waals surface area contributed by atoms with Crippen LogP contribution in [0.25, 0.3) is 0 Å². The Morgan fingerprint density at radius 3 is 2.52 bits per heavy atom. The molecule has 1 N–H and O–H groups in total. The number of amides is 3. The van der Waals surface area contributed by atoms with E-state index in [1.807, 2.05) is 0 Å². The number of urea groups is 1. The van der Waals surface area contributed by atoms with Crippen LogP contribution in [0.5, 0.6) is 0 Å². The van der Waals surface area contributed by atoms with Gasteiger partial charge in [-0.3, -0.25) is 14.5 Å². The lowest BCUT2D eigenvalue weighted by Crippen LogP contribution is -2.37. The van der Waals surface area contributed by atoms with E-state index in [9.17, 15) is 14.4 Å². The molecule has 0 unspecified atom stereocenters. The van der Waals surface area contributed by atoms with Crippen molar-refractivity contribution >= 4 is 41.1 Å². The van der Waals surface area contributed by atoms with Gasteiger partial charge in [0.05, 0.1) is 6.42 Å². The molecule has 6 nitrogen and oxygen atoms in total. The summed E-state index contributed by atoms with van der Waals surface area (Å²) >= 11 is 11.9. The maximum absolute atomic E-state index is 11.7. The van der Waals surface area contributed by atoms with Crippen LogP contribution in [0.2, 0.25) is 10.0 Å². The third-order valence-electron chi connectivity index (χ3n) is 2.90. The number of rotatable bonds is 4. The zero-order valence-corrected chi connectivity index (χ0v) is 12.4. The van der Waals surface area contributed by atoms with Crippen molar-refractivity contribution in [3.63, 3.8) is 0 Å². The predicted molar refractivity (Wildman–Crippen MR) is 76.2 cm³/mol. The molecule has 0 radical (unpaired) electrons. The number of carbonyl (C=O) groups is 3. The number of halogens is 2. The zero-order valence-electron chi connectivity index (χ0n) is 10.9. The molecule has 0 spiro atoms. The Kier molecular flexibility index (Phi) is 5.03. The van der Waals surface area contributed by atoms with Gasteiger partial charge in [-0.1, -0.05) is 29.3 Å². The molecule has 1 heterocycles. The molecule has 1 aliphatic rings. The van der Waals surface area contributed by atoms with Crippen molar-refractivity contribution in [2.24, 2.45) is 0 Å². The van der Waals surface area contributed by atoms with E-state index in [2.05, 4.69) is 5.32 Å². The lowest BCUT2D eigenvalue weighted by Gasteiger charge is -2.12. The fourth-order valence-electron chi connectivity index (χ4n) is 1.83. The third kappa shape index (κ3) is 3.86. The monoisotopic (exact) mass is 330 g/mol. The summed E-state index contributed by atoms with van der Waals surface area (Å²) in [6, 6.07) is 4.39. The molecule has 1 aromatic carbocycles. The number of nitrogens with zero attached hydrogens (tertiary/aromatic N) is 1. The van der Waals surface area contributed by atoms with Crippen molar-refractivity contribution in [1.29, 1.82) is 0 Å². The van der Waals surface area contributed by atoms with E-state index in [0.717, 1.165) is 4.90 Å². The van der Waals surface area contributed by atoms with Gasteiger partial charge in [-0.05, 0) is 12.1 Å². The first-order valence-electron chi connectivity index (χ1n) is 6.15. The number of hydrogen-bond acceptors (Lipinski definition) is 4. The Labute approximate surface area is 130 Å². The molecule has 1 aliphatic heterocycles. The first kappa shape index (κ1) is 15.6. The molecule has 21 heavy (non-hydrogen) atoms. The van der Waals surface area contributed by atoms with E-state index >= 15 is 0 Å². The topological polar surface area (TPSA) is 75.7 Å². The molecule has 0 saturated carbocycles. The van der Waals surface area contributed by atoms with Gasteiger partial charge < -0.3 is 10.1 Å². The summed E-state index contributed by atoms with van der Waals surface area (Å²) < 4.78 is 4.85. The van der Waals surface area contributed by atoms with E-state index in [1.54, 1.807) is 18.2 Å². The SMILES string of the molecule is O=C(Cc1c(Cl)cccc1Cl)OCC(=O)N1CCNC1=O. The van der Waals surface area contributed by atoms with E-state index in [4.69, 9.17) is 27.9 Å². The van der Waals surface area contributed by atoms with Gasteiger partial charge in [0, 0.05) is 28.7 Å². The molecule has 1 aromatic rings. The molecule has 1 fully saturated rings. The fourth-order valence-corrected chi connectivity index (χ4v) is 2.36. The smallest absolute Gasteiger partial charge is 0.324 e. The summed E-state index contributed by atoms with van der Waals surface area (Å²) in [4.78, 5) is 35.6. The number of carbonyl (C=O) groups excluding carboxylic acids is 3. The number of benzene rings is 1. The standard InChI is InChI=1S/C13H12Cl2N2O4/c14-9-2-1-3-10(15)8(9)6-12(19)21-7-11(18)17-5-4-16-13(17)20/h1-3H,4-7H2,(H,16,20). The second-order valence-electron chi connectivity index (χ2n) is 4.31. The van der Waals surface area contributed by atoms with E-state index in [0.29, 0.717) is 22.2 Å². The quantitative estimate of drug-likeness (QED) is 0.851. The summed E-state index contributed by atoms with van der Waals surface area (Å²) in [7, 11) is 0. The normalized spacial score (nSPS) is 14.0. The number of nitrogens with one attached hydrogen (secondary N) is 1. The minimum absolute atomic E-state index is 0.141. The van der Waals surface area contributed by atoms with Crippen molar-refractivity contribution in [2.45, 2.75) is 6.42 Å². The molecule has 1 saturated heterocycles. The number of hydrogen-bond donors (Lipinski definition) is 1. The summed E-state index contributed by atoms with van der Waals surface area (Å²) in [6.45, 7) is 0.174. The van der Waals surface area contributed by atoms with Gasteiger partial charge in [0.2, 0.25) is 0 Å². The van der Waals surface area contributed by atoms with Crippen molar-refractivity contribution in [3.8, 4) is 0 Å². The maximum atomic E-state index is 11.7. The predicted octanol–water partition coefficient (Wildman–Crippen LogP) is 1.63. The van der Waals surface area contributed by atoms with Gasteiger partial charge in [-0.15, -0.1) is 0 Å². The van der Waals surface area contributed by atoms with Gasteiger partial charge in [-0.2, -0.15) is 0 Å². The van der Waals surface area contributed by atoms with Gasteiger partial charge in [0.1, 0.15) is 0 Å². The van der Waals surface area contributed by atoms with Crippen LogP contribution in [0.15, 0.2) is 18.2 Å². The first-order valence-corrected chi connectivity index (χ1v) is 6.91. The summed E-state index contributed by atoms with van der Waals surface area (Å²) in [6.07, 6.45) is -0.141. The van der Waals surface area contributed by atoms with Crippen LogP contribution in [0.4, 0.5) is 4.79 Å². The van der Waals surface area contributed by atoms with Crippen molar-refractivity contribution in [1.82, 2.24) is 10.2 Å². The van der Waals surface area contributed by atoms with Gasteiger partial charge in [0.15, 0.2) is 6.61 Å². The lowest BCUT2D eigenvalue weighted by molar-refractivity contribution is -0.150. The Morgan fingerprint density at radius 1 is 1.29 bits per heavy atom. The van der Waals surface area contributed by atoms with Crippen LogP contribution in [0, 0.1) is 0 Å². The average Bonchev–Trinajstić information content (AvgIpc) is 2.87. The summed E-state index contributed by atoms with van der Waals surface area (Å²) in [5.41, 5.74) is 0.442. The second-order valence-corrected chi connectivity index (χ2v) is 5.13. The van der Waals surface area contributed by atoms with Crippen LogP contribution < -0.4 is 5.32 Å². The minimum atomic E-state index is -0.641. The molecule has 3 amide bonds. The average molecular weight is 331 g/mol. The van der Waals surface area contributed by atoms with E-state index in [-0.39, 0.29) is 13.0 Å². The van der Waals surface area contributed by atoms with E-state index < -0.39 is 24.5 Å². The van der Waals surface area contributed by atoms with Gasteiger partial charge in [0.25, 0.3) is 5.91 Å². The highest BCUT2D eigenvalue weighted by molar-refractivity contribution is 6.36. The van der Waals surface area contributed by atoms with Crippen molar-refractivity contribution in [3.05, 3.63) is 33.8 Å². The third-order valence-corrected chi connectivity index (χ3v) is 3.61. The summed E-state index contributed by atoms with van der Waals surface area (Å²) in [5.74, 6) is -1.21. The van der Waals surface area contributed by atoms with Crippen LogP contribution in [-0.2, 0) is 20.7 Å². The second kappa shape index (κ2) is 6.78. The maximum Gasteiger partial charge on any atom is 0.324 e. The molecular weight excluding hydrogens is 319 g/mol. The molecule has 0 aromatic heterocycles. The Bertz CT molecular complexity index is 571. The highest BCUT2D eigenvalue weighted by atomic mass is 35.5. The number of imide groups is 1. The van der Waals surface area contributed by atoms with Crippen LogP contribution in [0.3, 0.4) is 0 Å². The molecule has 8 heteroatoms. The molecule has 112 valence electrons. The molecule has 0 aliphatic carbocycles. The number of esters is 1. The molecule has 0 atom stereocenters. The van der Waals surface area contributed by atoms with Crippen molar-refractivity contribution in [2.75, 3.05) is 19.7 Å². The summed E-state index contributed by atoms with van der Waals surface area (Å²) in [5, 5.41) is 3.19. The fraction of sp³-hybridized carbons (Fsp3) is 0.308. The Morgan fingerprint density at radius 2 is 1.95 bits per heavy atom. The van der Waals surface area contributed by atoms with Crippen LogP contribution in [-0.4, -0.2) is 42.5 Å². The highest BCUT2D eigenvalue weighted by Gasteiger charge is 2.26. The van der Waals surface area contributed by atoms with Gasteiger partial charge in [-0.25, -0.2) is 4.79 Å². The van der Waals surface area contributed by atoms with Crippen LogP contribution >= 0.6 is 23.2 Å². The first-order chi connectivity index (χ1) is 9.99. The van der Waals surface area contributed by atoms with Crippen LogP contribution in [0.1, 0.15) is 5.56 Å². The highest BCUT2D eigenvalue weighted by Crippen LogP contribution is 2.24. The molecular formula is C13H12Cl2N2O4. The Balaban J connectivity index is 1.88. The lowest BCUT2D eigenvalue weighted by atomic mass is 10.1. The Hall–Kier alpha value is -1.79. The minimum Gasteiger partial charge on any atom is -0.455 e. The molecule has 0 bridgehead atoms. The molecule has 2 rings (SSSR count). The van der Waals surface area contributed by atoms with Crippen molar-refractivity contribution < 1.29 is 19.1 Å². The number of ether oxygens (including phenoxy) is 1. The van der Waals surface area contributed by atoms with E-state index in [1.165, 1.54) is 0 Å². The zero-order chi connectivity index (χ0) is 15.4. The largest absolute Gasteiger partial charge is 0.455 e. The van der Waals surface area contributed by atoms with Gasteiger partial charge >= 0.3 is 12.0 Å².